The van der Waals surface area contributed by atoms with Gasteiger partial charge in [0.2, 0.25) is 0 Å². The molecule has 0 saturated carbocycles. The molecule has 2 rings (SSSR count). The summed E-state index contributed by atoms with van der Waals surface area (Å²) in [5.41, 5.74) is 1.75. The third kappa shape index (κ3) is 2.69. The van der Waals surface area contributed by atoms with Crippen molar-refractivity contribution >= 4 is 21.8 Å². The van der Waals surface area contributed by atoms with Crippen molar-refractivity contribution in [3.05, 3.63) is 33.8 Å². The molecule has 92 valence electrons. The third-order valence-electron chi connectivity index (χ3n) is 3.14. The molecule has 3 nitrogen and oxygen atoms in total. The van der Waals surface area contributed by atoms with Gasteiger partial charge in [-0.15, -0.1) is 0 Å². The van der Waals surface area contributed by atoms with Gasteiger partial charge in [0.05, 0.1) is 12.6 Å². The minimum atomic E-state index is -0.0122. The second-order valence-electron chi connectivity index (χ2n) is 4.49. The summed E-state index contributed by atoms with van der Waals surface area (Å²) in [4.78, 5) is 14.1. The van der Waals surface area contributed by atoms with Gasteiger partial charge in [-0.25, -0.2) is 0 Å². The van der Waals surface area contributed by atoms with Gasteiger partial charge in [0.1, 0.15) is 0 Å². The largest absolute Gasteiger partial charge is 0.394 e. The fourth-order valence-corrected chi connectivity index (χ4v) is 2.93. The quantitative estimate of drug-likeness (QED) is 0.910. The molecule has 0 aliphatic carbocycles. The first kappa shape index (κ1) is 12.6. The van der Waals surface area contributed by atoms with Gasteiger partial charge in [-0.3, -0.25) is 4.79 Å². The summed E-state index contributed by atoms with van der Waals surface area (Å²) < 4.78 is 0.917. The number of aryl methyl sites for hydroxylation is 1. The zero-order valence-corrected chi connectivity index (χ0v) is 11.4. The zero-order chi connectivity index (χ0) is 12.4. The van der Waals surface area contributed by atoms with Crippen LogP contribution in [0.25, 0.3) is 0 Å². The second kappa shape index (κ2) is 5.19. The van der Waals surface area contributed by atoms with E-state index in [1.54, 1.807) is 4.90 Å². The molecule has 1 aliphatic heterocycles. The Bertz CT molecular complexity index is 413. The lowest BCUT2D eigenvalue weighted by atomic mass is 10.1. The highest BCUT2D eigenvalue weighted by Gasteiger charge is 2.28. The van der Waals surface area contributed by atoms with Gasteiger partial charge in [-0.1, -0.05) is 15.9 Å². The van der Waals surface area contributed by atoms with Crippen molar-refractivity contribution in [1.29, 1.82) is 0 Å². The van der Waals surface area contributed by atoms with Gasteiger partial charge in [0.25, 0.3) is 5.91 Å². The van der Waals surface area contributed by atoms with Crippen LogP contribution in [-0.2, 0) is 0 Å². The summed E-state index contributed by atoms with van der Waals surface area (Å²) in [6.07, 6.45) is 1.87. The number of benzene rings is 1. The van der Waals surface area contributed by atoms with Crippen LogP contribution in [-0.4, -0.2) is 35.1 Å². The van der Waals surface area contributed by atoms with E-state index in [4.69, 9.17) is 0 Å². The number of hydrogen-bond acceptors (Lipinski definition) is 2. The predicted octanol–water partition coefficient (Wildman–Crippen LogP) is 2.35. The van der Waals surface area contributed by atoms with Crippen LogP contribution in [0.3, 0.4) is 0 Å². The summed E-state index contributed by atoms with van der Waals surface area (Å²) >= 11 is 3.40. The van der Waals surface area contributed by atoms with Crippen molar-refractivity contribution in [3.8, 4) is 0 Å². The second-order valence-corrected chi connectivity index (χ2v) is 5.41. The molecular weight excluding hydrogens is 282 g/mol. The van der Waals surface area contributed by atoms with Gasteiger partial charge in [-0.05, 0) is 43.5 Å². The fourth-order valence-electron chi connectivity index (χ4n) is 2.32. The van der Waals surface area contributed by atoms with E-state index in [9.17, 15) is 9.90 Å². The van der Waals surface area contributed by atoms with Crippen LogP contribution in [0.2, 0.25) is 0 Å². The maximum atomic E-state index is 12.3. The highest BCUT2D eigenvalue weighted by molar-refractivity contribution is 9.10. The number of likely N-dealkylation sites (tertiary alicyclic amines) is 1. The minimum Gasteiger partial charge on any atom is -0.394 e. The standard InChI is InChI=1S/C13H16BrNO2/c1-9-5-10(7-11(14)6-9)13(17)15-4-2-3-12(15)8-16/h5-7,12,16H,2-4,8H2,1H3. The molecule has 1 atom stereocenters. The predicted molar refractivity (Wildman–Crippen MR) is 70.0 cm³/mol. The number of carbonyl (C=O) groups excluding carboxylic acids is 1. The van der Waals surface area contributed by atoms with Gasteiger partial charge >= 0.3 is 0 Å². The monoisotopic (exact) mass is 297 g/mol. The van der Waals surface area contributed by atoms with E-state index in [1.807, 2.05) is 25.1 Å². The molecular formula is C13H16BrNO2. The number of rotatable bonds is 2. The van der Waals surface area contributed by atoms with Gasteiger partial charge in [0, 0.05) is 16.6 Å². The molecule has 1 heterocycles. The topological polar surface area (TPSA) is 40.5 Å². The molecule has 0 spiro atoms. The lowest BCUT2D eigenvalue weighted by molar-refractivity contribution is 0.0677. The summed E-state index contributed by atoms with van der Waals surface area (Å²) in [6.45, 7) is 2.77. The molecule has 4 heteroatoms. The van der Waals surface area contributed by atoms with E-state index in [-0.39, 0.29) is 18.6 Å². The van der Waals surface area contributed by atoms with Gasteiger partial charge < -0.3 is 10.0 Å². The van der Waals surface area contributed by atoms with E-state index in [2.05, 4.69) is 15.9 Å². The smallest absolute Gasteiger partial charge is 0.254 e. The maximum absolute atomic E-state index is 12.3. The lowest BCUT2D eigenvalue weighted by Crippen LogP contribution is -2.37. The number of hydrogen-bond donors (Lipinski definition) is 1. The van der Waals surface area contributed by atoms with Crippen molar-refractivity contribution < 1.29 is 9.90 Å². The molecule has 1 saturated heterocycles. The minimum absolute atomic E-state index is 0.0122. The molecule has 1 aromatic rings. The molecule has 1 amide bonds. The summed E-state index contributed by atoms with van der Waals surface area (Å²) in [5, 5.41) is 9.24. The summed E-state index contributed by atoms with van der Waals surface area (Å²) in [7, 11) is 0. The summed E-state index contributed by atoms with van der Waals surface area (Å²) in [6, 6.07) is 5.69. The SMILES string of the molecule is Cc1cc(Br)cc(C(=O)N2CCCC2CO)c1. The van der Waals surface area contributed by atoms with Crippen molar-refractivity contribution in [2.75, 3.05) is 13.2 Å². The van der Waals surface area contributed by atoms with E-state index in [0.29, 0.717) is 5.56 Å². The van der Waals surface area contributed by atoms with Crippen LogP contribution in [0.1, 0.15) is 28.8 Å². The first-order valence-corrected chi connectivity index (χ1v) is 6.60. The Kier molecular flexibility index (Phi) is 3.84. The molecule has 0 bridgehead atoms. The Morgan fingerprint density at radius 2 is 2.29 bits per heavy atom. The molecule has 1 fully saturated rings. The third-order valence-corrected chi connectivity index (χ3v) is 3.60. The summed E-state index contributed by atoms with van der Waals surface area (Å²) in [5.74, 6) is 0.0194. The first-order valence-electron chi connectivity index (χ1n) is 5.81. The van der Waals surface area contributed by atoms with E-state index in [1.165, 1.54) is 0 Å². The maximum Gasteiger partial charge on any atom is 0.254 e. The van der Waals surface area contributed by atoms with Crippen LogP contribution in [0.15, 0.2) is 22.7 Å². The average molecular weight is 298 g/mol. The highest BCUT2D eigenvalue weighted by Crippen LogP contribution is 2.22. The Labute approximate surface area is 110 Å². The van der Waals surface area contributed by atoms with Crippen LogP contribution >= 0.6 is 15.9 Å². The lowest BCUT2D eigenvalue weighted by Gasteiger charge is -2.23. The highest BCUT2D eigenvalue weighted by atomic mass is 79.9. The van der Waals surface area contributed by atoms with Crippen LogP contribution < -0.4 is 0 Å². The average Bonchev–Trinajstić information content (AvgIpc) is 2.74. The van der Waals surface area contributed by atoms with Gasteiger partial charge in [-0.2, -0.15) is 0 Å². The van der Waals surface area contributed by atoms with E-state index in [0.717, 1.165) is 29.4 Å². The number of halogens is 1. The number of amides is 1. The fraction of sp³-hybridized carbons (Fsp3) is 0.462. The molecule has 1 N–H and O–H groups in total. The number of carbonyl (C=O) groups is 1. The Hall–Kier alpha value is -0.870. The number of aliphatic hydroxyl groups is 1. The normalized spacial score (nSPS) is 19.7. The number of nitrogens with zero attached hydrogens (tertiary/aromatic N) is 1. The molecule has 1 aromatic carbocycles. The molecule has 0 aromatic heterocycles. The van der Waals surface area contributed by atoms with Crippen molar-refractivity contribution in [1.82, 2.24) is 4.90 Å². The van der Waals surface area contributed by atoms with Crippen molar-refractivity contribution in [2.24, 2.45) is 0 Å². The van der Waals surface area contributed by atoms with Gasteiger partial charge in [0.15, 0.2) is 0 Å². The van der Waals surface area contributed by atoms with Crippen LogP contribution in [0, 0.1) is 6.92 Å². The van der Waals surface area contributed by atoms with Crippen molar-refractivity contribution in [2.45, 2.75) is 25.8 Å². The molecule has 1 aliphatic rings. The first-order chi connectivity index (χ1) is 8.11. The molecule has 0 radical (unpaired) electrons. The molecule has 17 heavy (non-hydrogen) atoms. The van der Waals surface area contributed by atoms with E-state index < -0.39 is 0 Å². The zero-order valence-electron chi connectivity index (χ0n) is 9.82. The molecule has 1 unspecified atom stereocenters. The van der Waals surface area contributed by atoms with Crippen LogP contribution in [0.5, 0.6) is 0 Å². The Balaban J connectivity index is 2.24. The Morgan fingerprint density at radius 3 is 2.94 bits per heavy atom. The number of aliphatic hydroxyl groups excluding tert-OH is 1. The van der Waals surface area contributed by atoms with Crippen LogP contribution in [0.4, 0.5) is 0 Å². The van der Waals surface area contributed by atoms with E-state index >= 15 is 0 Å². The van der Waals surface area contributed by atoms with Crippen molar-refractivity contribution in [3.63, 3.8) is 0 Å². The Morgan fingerprint density at radius 1 is 1.53 bits per heavy atom.